The summed E-state index contributed by atoms with van der Waals surface area (Å²) in [5, 5.41) is 13.3. The molecule has 0 saturated carbocycles. The van der Waals surface area contributed by atoms with Crippen LogP contribution in [-0.2, 0) is 14.4 Å². The summed E-state index contributed by atoms with van der Waals surface area (Å²) in [5.41, 5.74) is 1.47. The van der Waals surface area contributed by atoms with Crippen LogP contribution in [0, 0.1) is 0 Å². The molecule has 3 heterocycles. The number of anilines is 1. The van der Waals surface area contributed by atoms with E-state index in [0.717, 1.165) is 29.9 Å². The molecule has 0 radical (unpaired) electrons. The molecule has 2 aromatic rings. The van der Waals surface area contributed by atoms with Crippen LogP contribution >= 0.6 is 23.3 Å². The lowest BCUT2D eigenvalue weighted by Gasteiger charge is -2.29. The summed E-state index contributed by atoms with van der Waals surface area (Å²) < 4.78 is 4.00. The molecule has 32 heavy (non-hydrogen) atoms. The van der Waals surface area contributed by atoms with E-state index in [2.05, 4.69) is 25.5 Å². The molecular weight excluding hydrogens is 448 g/mol. The Morgan fingerprint density at radius 1 is 1.22 bits per heavy atom. The van der Waals surface area contributed by atoms with Gasteiger partial charge in [0.15, 0.2) is 0 Å². The van der Waals surface area contributed by atoms with Crippen LogP contribution in [0.2, 0.25) is 0 Å². The third kappa shape index (κ3) is 4.64. The zero-order valence-corrected chi connectivity index (χ0v) is 19.5. The monoisotopic (exact) mass is 474 g/mol. The van der Waals surface area contributed by atoms with Gasteiger partial charge in [-0.25, -0.2) is 0 Å². The van der Waals surface area contributed by atoms with E-state index in [-0.39, 0.29) is 23.1 Å². The van der Waals surface area contributed by atoms with Gasteiger partial charge in [-0.2, -0.15) is 0 Å². The SMILES string of the molecule is CN[C@@H](C)C(=O)N[C@H]1CCC[C@H]2SC[C@@H](C(=O)Nc3snnc3-c3ccccc3)N2C1=O. The van der Waals surface area contributed by atoms with Gasteiger partial charge in [0.25, 0.3) is 0 Å². The van der Waals surface area contributed by atoms with Crippen LogP contribution in [-0.4, -0.2) is 68.5 Å². The Balaban J connectivity index is 1.50. The van der Waals surface area contributed by atoms with E-state index < -0.39 is 18.1 Å². The second kappa shape index (κ2) is 9.97. The third-order valence-corrected chi connectivity index (χ3v) is 7.80. The Labute approximate surface area is 194 Å². The van der Waals surface area contributed by atoms with Gasteiger partial charge in [0.05, 0.1) is 11.4 Å². The molecule has 9 nitrogen and oxygen atoms in total. The summed E-state index contributed by atoms with van der Waals surface area (Å²) in [5.74, 6) is -0.157. The van der Waals surface area contributed by atoms with Crippen molar-refractivity contribution in [3.8, 4) is 11.3 Å². The number of likely N-dealkylation sites (N-methyl/N-ethyl adjacent to an activating group) is 1. The predicted octanol–water partition coefficient (Wildman–Crippen LogP) is 1.69. The fourth-order valence-electron chi connectivity index (χ4n) is 3.90. The molecule has 0 unspecified atom stereocenters. The van der Waals surface area contributed by atoms with Crippen LogP contribution in [0.15, 0.2) is 30.3 Å². The maximum Gasteiger partial charge on any atom is 0.248 e. The number of hydrogen-bond donors (Lipinski definition) is 3. The first-order valence-electron chi connectivity index (χ1n) is 10.6. The Morgan fingerprint density at radius 2 is 2.00 bits per heavy atom. The van der Waals surface area contributed by atoms with Gasteiger partial charge in [-0.1, -0.05) is 34.8 Å². The van der Waals surface area contributed by atoms with E-state index in [9.17, 15) is 14.4 Å². The van der Waals surface area contributed by atoms with E-state index >= 15 is 0 Å². The Bertz CT molecular complexity index is 985. The van der Waals surface area contributed by atoms with Crippen molar-refractivity contribution in [3.63, 3.8) is 0 Å². The lowest BCUT2D eigenvalue weighted by molar-refractivity contribution is -0.141. The molecule has 2 saturated heterocycles. The van der Waals surface area contributed by atoms with Crippen LogP contribution in [0.25, 0.3) is 11.3 Å². The third-order valence-electron chi connectivity index (χ3n) is 5.81. The summed E-state index contributed by atoms with van der Waals surface area (Å²) in [6, 6.07) is 7.90. The number of carbonyl (C=O) groups is 3. The van der Waals surface area contributed by atoms with Gasteiger partial charge >= 0.3 is 0 Å². The molecule has 4 atom stereocenters. The van der Waals surface area contributed by atoms with Gasteiger partial charge in [0, 0.05) is 22.8 Å². The molecule has 0 aliphatic carbocycles. The first kappa shape index (κ1) is 22.7. The molecule has 3 amide bonds. The molecule has 0 bridgehead atoms. The van der Waals surface area contributed by atoms with Crippen molar-refractivity contribution >= 4 is 46.0 Å². The second-order valence-electron chi connectivity index (χ2n) is 7.86. The van der Waals surface area contributed by atoms with Gasteiger partial charge in [0.2, 0.25) is 17.7 Å². The summed E-state index contributed by atoms with van der Waals surface area (Å²) in [6.45, 7) is 1.74. The fraction of sp³-hybridized carbons (Fsp3) is 0.476. The highest BCUT2D eigenvalue weighted by atomic mass is 32.2. The van der Waals surface area contributed by atoms with Gasteiger partial charge in [-0.15, -0.1) is 16.9 Å². The molecule has 4 rings (SSSR count). The Morgan fingerprint density at radius 3 is 2.75 bits per heavy atom. The summed E-state index contributed by atoms with van der Waals surface area (Å²) >= 11 is 2.73. The number of fused-ring (bicyclic) bond motifs is 1. The van der Waals surface area contributed by atoms with Crippen LogP contribution in [0.5, 0.6) is 0 Å². The van der Waals surface area contributed by atoms with Crippen molar-refractivity contribution in [1.29, 1.82) is 0 Å². The van der Waals surface area contributed by atoms with Crippen LogP contribution in [0.3, 0.4) is 0 Å². The van der Waals surface area contributed by atoms with Crippen LogP contribution in [0.1, 0.15) is 26.2 Å². The van der Waals surface area contributed by atoms with Crippen molar-refractivity contribution in [2.75, 3.05) is 18.1 Å². The second-order valence-corrected chi connectivity index (χ2v) is 9.82. The predicted molar refractivity (Wildman–Crippen MR) is 125 cm³/mol. The maximum absolute atomic E-state index is 13.4. The van der Waals surface area contributed by atoms with E-state index in [4.69, 9.17) is 0 Å². The molecule has 11 heteroatoms. The molecule has 1 aromatic carbocycles. The first-order valence-corrected chi connectivity index (χ1v) is 12.4. The molecule has 3 N–H and O–H groups in total. The molecule has 2 aliphatic rings. The zero-order valence-electron chi connectivity index (χ0n) is 17.9. The number of benzene rings is 1. The number of thioether (sulfide) groups is 1. The Kier molecular flexibility index (Phi) is 7.07. The molecule has 1 aromatic heterocycles. The number of hydrogen-bond acceptors (Lipinski definition) is 8. The van der Waals surface area contributed by atoms with E-state index in [1.54, 1.807) is 30.6 Å². The van der Waals surface area contributed by atoms with Crippen LogP contribution < -0.4 is 16.0 Å². The van der Waals surface area contributed by atoms with Gasteiger partial charge in [-0.05, 0) is 33.2 Å². The van der Waals surface area contributed by atoms with Gasteiger partial charge in [-0.3, -0.25) is 14.4 Å². The average Bonchev–Trinajstić information content (AvgIpc) is 3.41. The number of nitrogens with one attached hydrogen (secondary N) is 3. The van der Waals surface area contributed by atoms with Crippen molar-refractivity contribution in [3.05, 3.63) is 30.3 Å². The number of rotatable bonds is 6. The standard InChI is InChI=1S/C21H26N6O3S2/c1-12(22-2)18(28)23-14-9-6-10-16-27(21(14)30)15(11-31-16)19(29)24-20-17(25-26-32-20)13-7-4-3-5-8-13/h3-5,7-8,12,14-16,22H,6,9-11H2,1-2H3,(H,23,28)(H,24,29)/t12-,14-,15-,16+/m0/s1. The Hall–Kier alpha value is -2.50. The zero-order chi connectivity index (χ0) is 22.7. The molecule has 2 aliphatic heterocycles. The van der Waals surface area contributed by atoms with Crippen molar-refractivity contribution < 1.29 is 14.4 Å². The lowest BCUT2D eigenvalue weighted by atomic mass is 10.1. The van der Waals surface area contributed by atoms with Crippen molar-refractivity contribution in [2.45, 2.75) is 49.7 Å². The molecule has 0 spiro atoms. The normalized spacial score (nSPS) is 23.9. The largest absolute Gasteiger partial charge is 0.343 e. The molecular formula is C21H26N6O3S2. The minimum atomic E-state index is -0.623. The van der Waals surface area contributed by atoms with Crippen LogP contribution in [0.4, 0.5) is 5.00 Å². The topological polar surface area (TPSA) is 116 Å². The fourth-order valence-corrected chi connectivity index (χ4v) is 5.95. The number of nitrogens with zero attached hydrogens (tertiary/aromatic N) is 3. The van der Waals surface area contributed by atoms with E-state index in [1.807, 2.05) is 30.3 Å². The van der Waals surface area contributed by atoms with E-state index in [0.29, 0.717) is 22.9 Å². The van der Waals surface area contributed by atoms with Crippen molar-refractivity contribution in [2.24, 2.45) is 0 Å². The minimum Gasteiger partial charge on any atom is -0.343 e. The van der Waals surface area contributed by atoms with Gasteiger partial charge < -0.3 is 20.9 Å². The molecule has 170 valence electrons. The highest BCUT2D eigenvalue weighted by molar-refractivity contribution is 8.00. The van der Waals surface area contributed by atoms with E-state index in [1.165, 1.54) is 0 Å². The summed E-state index contributed by atoms with van der Waals surface area (Å²) in [6.07, 6.45) is 2.18. The average molecular weight is 475 g/mol. The molecule has 2 fully saturated rings. The minimum absolute atomic E-state index is 0.0601. The maximum atomic E-state index is 13.4. The highest BCUT2D eigenvalue weighted by Gasteiger charge is 2.45. The summed E-state index contributed by atoms with van der Waals surface area (Å²) in [7, 11) is 1.70. The first-order chi connectivity index (χ1) is 15.5. The lowest BCUT2D eigenvalue weighted by Crippen LogP contribution is -2.55. The number of amides is 3. The van der Waals surface area contributed by atoms with Gasteiger partial charge in [0.1, 0.15) is 22.8 Å². The van der Waals surface area contributed by atoms with Crippen molar-refractivity contribution in [1.82, 2.24) is 25.1 Å². The number of carbonyl (C=O) groups excluding carboxylic acids is 3. The number of aromatic nitrogens is 2. The smallest absolute Gasteiger partial charge is 0.248 e. The summed E-state index contributed by atoms with van der Waals surface area (Å²) in [4.78, 5) is 40.6. The highest BCUT2D eigenvalue weighted by Crippen LogP contribution is 2.37. The quantitative estimate of drug-likeness (QED) is 0.583.